The van der Waals surface area contributed by atoms with Gasteiger partial charge in [0.15, 0.2) is 0 Å². The number of carbonyl (C=O) groups is 1. The van der Waals surface area contributed by atoms with E-state index in [1.807, 2.05) is 61.8 Å². The molecular formula is C23H26N4O2. The molecule has 29 heavy (non-hydrogen) atoms. The highest BCUT2D eigenvalue weighted by atomic mass is 16.3. The fraction of sp³-hybridized carbons (Fsp3) is 0.304. The molecule has 0 aliphatic carbocycles. The van der Waals surface area contributed by atoms with Crippen molar-refractivity contribution in [2.24, 2.45) is 7.05 Å². The van der Waals surface area contributed by atoms with Crippen LogP contribution < -0.4 is 5.32 Å². The normalized spacial score (nSPS) is 12.9. The number of rotatable bonds is 4. The van der Waals surface area contributed by atoms with Gasteiger partial charge in [0.2, 0.25) is 0 Å². The van der Waals surface area contributed by atoms with Gasteiger partial charge in [-0.3, -0.25) is 9.78 Å². The lowest BCUT2D eigenvalue weighted by Crippen LogP contribution is -2.39. The summed E-state index contributed by atoms with van der Waals surface area (Å²) >= 11 is 0. The Morgan fingerprint density at radius 2 is 1.93 bits per heavy atom. The molecule has 1 amide bonds. The third-order valence-electron chi connectivity index (χ3n) is 5.50. The van der Waals surface area contributed by atoms with Gasteiger partial charge in [-0.2, -0.15) is 0 Å². The first-order valence-corrected chi connectivity index (χ1v) is 9.73. The van der Waals surface area contributed by atoms with Crippen LogP contribution in [0.1, 0.15) is 23.0 Å². The quantitative estimate of drug-likeness (QED) is 0.559. The molecular weight excluding hydrogens is 364 g/mol. The average molecular weight is 390 g/mol. The zero-order valence-electron chi connectivity index (χ0n) is 17.4. The molecule has 0 aliphatic rings. The van der Waals surface area contributed by atoms with Gasteiger partial charge in [-0.15, -0.1) is 0 Å². The van der Waals surface area contributed by atoms with Gasteiger partial charge in [-0.1, -0.05) is 12.1 Å². The molecule has 0 unspecified atom stereocenters. The van der Waals surface area contributed by atoms with Crippen LogP contribution in [-0.4, -0.2) is 52.1 Å². The number of aromatic nitrogens is 2. The van der Waals surface area contributed by atoms with Crippen LogP contribution in [0, 0.1) is 6.92 Å². The number of para-hydroxylation sites is 1. The van der Waals surface area contributed by atoms with E-state index in [4.69, 9.17) is 0 Å². The summed E-state index contributed by atoms with van der Waals surface area (Å²) in [6.07, 6.45) is 1.69. The maximum Gasteiger partial charge on any atom is 0.270 e. The first-order chi connectivity index (χ1) is 13.8. The Morgan fingerprint density at radius 1 is 1.17 bits per heavy atom. The number of carbonyl (C=O) groups excluding carboxylic acids is 1. The van der Waals surface area contributed by atoms with Crippen LogP contribution in [0.25, 0.3) is 32.6 Å². The Labute approximate surface area is 169 Å². The summed E-state index contributed by atoms with van der Waals surface area (Å²) < 4.78 is 2.02. The SMILES string of the molecule is Cc1c2ccnc(C(=O)N[C@H](C)CN(C)C)c2cc2c3cccc(O)c3n(C)c12. The van der Waals surface area contributed by atoms with E-state index in [9.17, 15) is 9.90 Å². The van der Waals surface area contributed by atoms with Crippen LogP contribution in [0.2, 0.25) is 0 Å². The number of phenolic OH excluding ortho intramolecular Hbond substituents is 1. The number of hydrogen-bond acceptors (Lipinski definition) is 4. The number of aromatic hydroxyl groups is 1. The molecule has 0 fully saturated rings. The fourth-order valence-electron chi connectivity index (χ4n) is 4.41. The predicted molar refractivity (Wildman–Crippen MR) is 118 cm³/mol. The number of aryl methyl sites for hydroxylation is 2. The molecule has 2 heterocycles. The van der Waals surface area contributed by atoms with E-state index in [0.29, 0.717) is 5.69 Å². The van der Waals surface area contributed by atoms with Crippen molar-refractivity contribution >= 4 is 38.5 Å². The minimum Gasteiger partial charge on any atom is -0.506 e. The van der Waals surface area contributed by atoms with E-state index < -0.39 is 0 Å². The standard InChI is InChI=1S/C23H26N4O2/c1-13(12-26(3)4)25-23(29)20-17-11-18-16-7-6-8-19(28)22(16)27(5)21(18)14(2)15(17)9-10-24-20/h6-11,13,28H,12H2,1-5H3,(H,25,29)/t13-/m1/s1. The monoisotopic (exact) mass is 390 g/mol. The topological polar surface area (TPSA) is 70.4 Å². The van der Waals surface area contributed by atoms with E-state index in [1.54, 1.807) is 12.3 Å². The van der Waals surface area contributed by atoms with E-state index in [-0.39, 0.29) is 17.7 Å². The Morgan fingerprint density at radius 3 is 2.66 bits per heavy atom. The van der Waals surface area contributed by atoms with E-state index in [0.717, 1.165) is 44.7 Å². The zero-order valence-corrected chi connectivity index (χ0v) is 17.4. The Bertz CT molecular complexity index is 1260. The molecule has 0 spiro atoms. The highest BCUT2D eigenvalue weighted by Crippen LogP contribution is 2.38. The van der Waals surface area contributed by atoms with Crippen molar-refractivity contribution in [3.63, 3.8) is 0 Å². The molecule has 6 heteroatoms. The molecule has 150 valence electrons. The predicted octanol–water partition coefficient (Wildman–Crippen LogP) is 3.57. The first-order valence-electron chi connectivity index (χ1n) is 9.73. The summed E-state index contributed by atoms with van der Waals surface area (Å²) in [5.74, 6) is 0.0741. The van der Waals surface area contributed by atoms with Crippen molar-refractivity contribution in [3.05, 3.63) is 47.8 Å². The number of amides is 1. The third-order valence-corrected chi connectivity index (χ3v) is 5.50. The van der Waals surface area contributed by atoms with Crippen molar-refractivity contribution in [1.82, 2.24) is 19.8 Å². The molecule has 2 aromatic heterocycles. The van der Waals surface area contributed by atoms with Gasteiger partial charge in [-0.05, 0) is 57.1 Å². The number of nitrogens with zero attached hydrogens (tertiary/aromatic N) is 3. The second-order valence-corrected chi connectivity index (χ2v) is 8.02. The van der Waals surface area contributed by atoms with Crippen LogP contribution in [0.15, 0.2) is 36.5 Å². The van der Waals surface area contributed by atoms with Crippen molar-refractivity contribution in [2.75, 3.05) is 20.6 Å². The number of hydrogen-bond donors (Lipinski definition) is 2. The Hall–Kier alpha value is -3.12. The smallest absolute Gasteiger partial charge is 0.270 e. The minimum atomic E-state index is -0.174. The van der Waals surface area contributed by atoms with Gasteiger partial charge in [-0.25, -0.2) is 0 Å². The van der Waals surface area contributed by atoms with Gasteiger partial charge in [0.05, 0.1) is 11.0 Å². The number of phenols is 1. The molecule has 2 N–H and O–H groups in total. The third kappa shape index (κ3) is 3.09. The second kappa shape index (κ2) is 7.04. The maximum atomic E-state index is 13.0. The van der Waals surface area contributed by atoms with Crippen LogP contribution in [0.3, 0.4) is 0 Å². The molecule has 0 radical (unpaired) electrons. The van der Waals surface area contributed by atoms with Crippen LogP contribution in [0.5, 0.6) is 5.75 Å². The fourth-order valence-corrected chi connectivity index (χ4v) is 4.41. The number of likely N-dealkylation sites (N-methyl/N-ethyl adjacent to an activating group) is 1. The molecule has 0 saturated heterocycles. The second-order valence-electron chi connectivity index (χ2n) is 8.02. The largest absolute Gasteiger partial charge is 0.506 e. The number of benzene rings is 2. The van der Waals surface area contributed by atoms with Crippen molar-refractivity contribution < 1.29 is 9.90 Å². The Balaban J connectivity index is 1.95. The van der Waals surface area contributed by atoms with Crippen molar-refractivity contribution in [2.45, 2.75) is 19.9 Å². The number of fused-ring (bicyclic) bond motifs is 4. The van der Waals surface area contributed by atoms with Crippen molar-refractivity contribution in [3.8, 4) is 5.75 Å². The maximum absolute atomic E-state index is 13.0. The molecule has 2 aromatic carbocycles. The average Bonchev–Trinajstić information content (AvgIpc) is 2.94. The molecule has 0 aliphatic heterocycles. The zero-order chi connectivity index (χ0) is 20.9. The van der Waals surface area contributed by atoms with Crippen LogP contribution in [0.4, 0.5) is 0 Å². The summed E-state index contributed by atoms with van der Waals surface area (Å²) in [7, 11) is 5.92. The Kier molecular flexibility index (Phi) is 4.67. The van der Waals surface area contributed by atoms with Gasteiger partial charge >= 0.3 is 0 Å². The van der Waals surface area contributed by atoms with Gasteiger partial charge < -0.3 is 19.9 Å². The highest BCUT2D eigenvalue weighted by molar-refractivity contribution is 6.18. The van der Waals surface area contributed by atoms with Gasteiger partial charge in [0.1, 0.15) is 11.4 Å². The van der Waals surface area contributed by atoms with Crippen LogP contribution in [-0.2, 0) is 7.05 Å². The molecule has 1 atom stereocenters. The van der Waals surface area contributed by atoms with Crippen LogP contribution >= 0.6 is 0 Å². The summed E-state index contributed by atoms with van der Waals surface area (Å²) in [5, 5.41) is 17.2. The van der Waals surface area contributed by atoms with E-state index >= 15 is 0 Å². The van der Waals surface area contributed by atoms with E-state index in [1.165, 1.54) is 0 Å². The van der Waals surface area contributed by atoms with Gasteiger partial charge in [0.25, 0.3) is 5.91 Å². The van der Waals surface area contributed by atoms with Crippen molar-refractivity contribution in [1.29, 1.82) is 0 Å². The van der Waals surface area contributed by atoms with E-state index in [2.05, 4.69) is 17.2 Å². The molecule has 0 saturated carbocycles. The van der Waals surface area contributed by atoms with Gasteiger partial charge in [0, 0.05) is 42.0 Å². The highest BCUT2D eigenvalue weighted by Gasteiger charge is 2.20. The molecule has 0 bridgehead atoms. The summed E-state index contributed by atoms with van der Waals surface area (Å²) in [6.45, 7) is 4.79. The lowest BCUT2D eigenvalue weighted by Gasteiger charge is -2.18. The lowest BCUT2D eigenvalue weighted by molar-refractivity contribution is 0.0931. The summed E-state index contributed by atoms with van der Waals surface area (Å²) in [6, 6.07) is 9.52. The summed E-state index contributed by atoms with van der Waals surface area (Å²) in [5.41, 5.74) is 3.33. The molecule has 4 aromatic rings. The number of nitrogens with one attached hydrogen (secondary N) is 1. The lowest BCUT2D eigenvalue weighted by atomic mass is 10.00. The minimum absolute atomic E-state index is 0.00823. The first kappa shape index (κ1) is 19.2. The summed E-state index contributed by atoms with van der Waals surface area (Å²) in [4.78, 5) is 19.4. The molecule has 6 nitrogen and oxygen atoms in total. The number of pyridine rings is 1. The molecule has 4 rings (SSSR count).